The summed E-state index contributed by atoms with van der Waals surface area (Å²) >= 11 is 0. The Balaban J connectivity index is 1.87. The molecule has 2 atom stereocenters. The number of hydrogen-bond donors (Lipinski definition) is 3. The van der Waals surface area contributed by atoms with Gasteiger partial charge < -0.3 is 15.8 Å². The number of piperidine rings is 1. The van der Waals surface area contributed by atoms with Crippen molar-refractivity contribution < 1.29 is 5.11 Å². The van der Waals surface area contributed by atoms with Crippen molar-refractivity contribution in [2.75, 3.05) is 13.1 Å². The highest BCUT2D eigenvalue weighted by atomic mass is 16.3. The lowest BCUT2D eigenvalue weighted by Gasteiger charge is -2.25. The van der Waals surface area contributed by atoms with E-state index in [2.05, 4.69) is 15.8 Å². The molecule has 0 aromatic heterocycles. The van der Waals surface area contributed by atoms with Crippen LogP contribution in [-0.2, 0) is 0 Å². The van der Waals surface area contributed by atoms with E-state index in [-0.39, 0.29) is 6.04 Å². The highest BCUT2D eigenvalue weighted by molar-refractivity contribution is 5.89. The molecule has 2 heterocycles. The van der Waals surface area contributed by atoms with Gasteiger partial charge in [0.25, 0.3) is 0 Å². The summed E-state index contributed by atoms with van der Waals surface area (Å²) in [6.07, 6.45) is 1.02. The second-order valence-corrected chi connectivity index (χ2v) is 4.37. The maximum absolute atomic E-state index is 9.49. The molecular formula is C12H15N3O. The topological polar surface area (TPSA) is 56.6 Å². The molecule has 0 amide bonds. The Labute approximate surface area is 94.4 Å². The van der Waals surface area contributed by atoms with Crippen molar-refractivity contribution in [1.82, 2.24) is 10.7 Å². The van der Waals surface area contributed by atoms with Gasteiger partial charge in [-0.1, -0.05) is 12.1 Å². The van der Waals surface area contributed by atoms with E-state index in [0.717, 1.165) is 25.1 Å². The number of phenolic OH excluding ortho intramolecular Hbond substituents is 1. The van der Waals surface area contributed by atoms with Gasteiger partial charge in [-0.05, 0) is 17.7 Å². The van der Waals surface area contributed by atoms with E-state index in [1.54, 1.807) is 6.07 Å². The lowest BCUT2D eigenvalue weighted by molar-refractivity contribution is 0.443. The maximum atomic E-state index is 9.49. The van der Waals surface area contributed by atoms with E-state index >= 15 is 0 Å². The lowest BCUT2D eigenvalue weighted by atomic mass is 9.87. The Morgan fingerprint density at radius 2 is 2.31 bits per heavy atom. The van der Waals surface area contributed by atoms with Crippen LogP contribution in [0.4, 0.5) is 0 Å². The van der Waals surface area contributed by atoms with Crippen LogP contribution in [0.25, 0.3) is 0 Å². The predicted molar refractivity (Wildman–Crippen MR) is 62.4 cm³/mol. The number of benzene rings is 1. The molecule has 16 heavy (non-hydrogen) atoms. The Kier molecular flexibility index (Phi) is 2.29. The zero-order valence-corrected chi connectivity index (χ0v) is 8.98. The van der Waals surface area contributed by atoms with Crippen LogP contribution >= 0.6 is 0 Å². The Hall–Kier alpha value is -1.55. The zero-order valence-electron chi connectivity index (χ0n) is 8.98. The Morgan fingerprint density at radius 1 is 1.38 bits per heavy atom. The fourth-order valence-electron chi connectivity index (χ4n) is 2.49. The van der Waals surface area contributed by atoms with Gasteiger partial charge in [-0.3, -0.25) is 0 Å². The first kappa shape index (κ1) is 9.66. The fourth-order valence-corrected chi connectivity index (χ4v) is 2.49. The van der Waals surface area contributed by atoms with E-state index in [0.29, 0.717) is 11.7 Å². The Morgan fingerprint density at radius 3 is 3.19 bits per heavy atom. The van der Waals surface area contributed by atoms with E-state index in [1.165, 1.54) is 5.71 Å². The first-order chi connectivity index (χ1) is 7.84. The van der Waals surface area contributed by atoms with Crippen LogP contribution in [0.1, 0.15) is 18.0 Å². The first-order valence-corrected chi connectivity index (χ1v) is 5.66. The van der Waals surface area contributed by atoms with Crippen LogP contribution < -0.4 is 10.7 Å². The summed E-state index contributed by atoms with van der Waals surface area (Å²) in [6.45, 7) is 1.98. The van der Waals surface area contributed by atoms with Gasteiger partial charge in [-0.25, -0.2) is 0 Å². The normalized spacial score (nSPS) is 28.1. The summed E-state index contributed by atoms with van der Waals surface area (Å²) < 4.78 is 0. The maximum Gasteiger partial charge on any atom is 0.115 e. The number of rotatable bonds is 1. The molecule has 2 unspecified atom stereocenters. The standard InChI is InChI=1S/C12H15N3O/c16-9-3-1-2-8(6-9)12-10-7-13-5-4-11(10)14-15-12/h1-3,6,10,12-13,15-16H,4-5,7H2. The highest BCUT2D eigenvalue weighted by Crippen LogP contribution is 2.31. The fraction of sp³-hybridized carbons (Fsp3) is 0.417. The van der Waals surface area contributed by atoms with Crippen molar-refractivity contribution in [1.29, 1.82) is 0 Å². The summed E-state index contributed by atoms with van der Waals surface area (Å²) in [4.78, 5) is 0. The first-order valence-electron chi connectivity index (χ1n) is 5.66. The predicted octanol–water partition coefficient (Wildman–Crippen LogP) is 1.00. The average Bonchev–Trinajstić information content (AvgIpc) is 2.72. The summed E-state index contributed by atoms with van der Waals surface area (Å²) in [6, 6.07) is 7.62. The molecule has 0 aliphatic carbocycles. The number of nitrogens with zero attached hydrogens (tertiary/aromatic N) is 1. The molecule has 3 rings (SSSR count). The molecule has 1 aromatic rings. The smallest absolute Gasteiger partial charge is 0.115 e. The van der Waals surface area contributed by atoms with Gasteiger partial charge in [-0.2, -0.15) is 5.10 Å². The molecule has 0 radical (unpaired) electrons. The van der Waals surface area contributed by atoms with Gasteiger partial charge in [0.05, 0.1) is 6.04 Å². The SMILES string of the molecule is Oc1cccc(C2NN=C3CCNCC32)c1. The second kappa shape index (κ2) is 3.79. The number of aromatic hydroxyl groups is 1. The molecule has 84 valence electrons. The monoisotopic (exact) mass is 217 g/mol. The highest BCUT2D eigenvalue weighted by Gasteiger charge is 2.34. The number of nitrogens with one attached hydrogen (secondary N) is 2. The molecule has 1 saturated heterocycles. The van der Waals surface area contributed by atoms with Gasteiger partial charge in [0.15, 0.2) is 0 Å². The van der Waals surface area contributed by atoms with Crippen LogP contribution in [0.15, 0.2) is 29.4 Å². The molecular weight excluding hydrogens is 202 g/mol. The van der Waals surface area contributed by atoms with Crippen LogP contribution in [0.2, 0.25) is 0 Å². The summed E-state index contributed by atoms with van der Waals surface area (Å²) in [5, 5.41) is 17.3. The Bertz CT molecular complexity index is 430. The molecule has 0 saturated carbocycles. The molecule has 2 aliphatic rings. The molecule has 1 aromatic carbocycles. The van der Waals surface area contributed by atoms with E-state index in [1.807, 2.05) is 18.2 Å². The van der Waals surface area contributed by atoms with Crippen molar-refractivity contribution in [3.8, 4) is 5.75 Å². The van der Waals surface area contributed by atoms with Crippen molar-refractivity contribution in [2.24, 2.45) is 11.0 Å². The lowest BCUT2D eigenvalue weighted by Crippen LogP contribution is -2.38. The summed E-state index contributed by atoms with van der Waals surface area (Å²) in [5.74, 6) is 0.743. The van der Waals surface area contributed by atoms with Gasteiger partial charge in [0.2, 0.25) is 0 Å². The third-order valence-corrected chi connectivity index (χ3v) is 3.33. The molecule has 2 aliphatic heterocycles. The second-order valence-electron chi connectivity index (χ2n) is 4.37. The van der Waals surface area contributed by atoms with Gasteiger partial charge in [0, 0.05) is 31.1 Å². The molecule has 4 nitrogen and oxygen atoms in total. The zero-order chi connectivity index (χ0) is 11.0. The number of hydrogen-bond acceptors (Lipinski definition) is 4. The van der Waals surface area contributed by atoms with Gasteiger partial charge in [-0.15, -0.1) is 0 Å². The minimum absolute atomic E-state index is 0.204. The molecule has 1 fully saturated rings. The minimum atomic E-state index is 0.204. The van der Waals surface area contributed by atoms with E-state index in [9.17, 15) is 5.11 Å². The number of hydrazone groups is 1. The van der Waals surface area contributed by atoms with Crippen molar-refractivity contribution >= 4 is 5.71 Å². The van der Waals surface area contributed by atoms with Crippen molar-refractivity contribution in [2.45, 2.75) is 12.5 Å². The largest absolute Gasteiger partial charge is 0.508 e. The molecule has 0 spiro atoms. The third-order valence-electron chi connectivity index (χ3n) is 3.33. The summed E-state index contributed by atoms with van der Waals surface area (Å²) in [7, 11) is 0. The van der Waals surface area contributed by atoms with Crippen LogP contribution in [0.3, 0.4) is 0 Å². The number of phenols is 1. The molecule has 4 heteroatoms. The van der Waals surface area contributed by atoms with E-state index < -0.39 is 0 Å². The van der Waals surface area contributed by atoms with Crippen LogP contribution in [0.5, 0.6) is 5.75 Å². The minimum Gasteiger partial charge on any atom is -0.508 e. The molecule has 3 N–H and O–H groups in total. The molecule has 0 bridgehead atoms. The quantitative estimate of drug-likeness (QED) is 0.658. The van der Waals surface area contributed by atoms with E-state index in [4.69, 9.17) is 0 Å². The van der Waals surface area contributed by atoms with Gasteiger partial charge >= 0.3 is 0 Å². The number of fused-ring (bicyclic) bond motifs is 1. The van der Waals surface area contributed by atoms with Crippen LogP contribution in [0, 0.1) is 5.92 Å². The van der Waals surface area contributed by atoms with Crippen molar-refractivity contribution in [3.63, 3.8) is 0 Å². The van der Waals surface area contributed by atoms with Crippen molar-refractivity contribution in [3.05, 3.63) is 29.8 Å². The average molecular weight is 217 g/mol. The third kappa shape index (κ3) is 1.55. The van der Waals surface area contributed by atoms with Gasteiger partial charge in [0.1, 0.15) is 5.75 Å². The van der Waals surface area contributed by atoms with Crippen LogP contribution in [-0.4, -0.2) is 23.9 Å². The summed E-state index contributed by atoms with van der Waals surface area (Å²) in [5.41, 5.74) is 5.54.